The van der Waals surface area contributed by atoms with E-state index in [4.69, 9.17) is 4.74 Å². The molecule has 5 fully saturated rings. The van der Waals surface area contributed by atoms with Gasteiger partial charge >= 0.3 is 11.9 Å². The Morgan fingerprint density at radius 3 is 2.79 bits per heavy atom. The molecule has 0 radical (unpaired) electrons. The van der Waals surface area contributed by atoms with Gasteiger partial charge in [-0.1, -0.05) is 6.58 Å². The molecule has 0 aromatic carbocycles. The van der Waals surface area contributed by atoms with Crippen LogP contribution in [0, 0.1) is 34.5 Å². The van der Waals surface area contributed by atoms with E-state index in [1.54, 1.807) is 0 Å². The number of rotatable bonds is 1. The van der Waals surface area contributed by atoms with Crippen LogP contribution in [0.5, 0.6) is 0 Å². The maximum Gasteiger partial charge on any atom is 0.312 e. The summed E-state index contributed by atoms with van der Waals surface area (Å²) in [6, 6.07) is 0. The summed E-state index contributed by atoms with van der Waals surface area (Å²) in [5, 5.41) is 21.2. The van der Waals surface area contributed by atoms with Crippen LogP contribution in [0.15, 0.2) is 12.2 Å². The smallest absolute Gasteiger partial charge is 0.312 e. The number of carboxylic acid groups (broad SMARTS) is 1. The zero-order chi connectivity index (χ0) is 17.1. The predicted octanol–water partition coefficient (Wildman–Crippen LogP) is 2.14. The van der Waals surface area contributed by atoms with Gasteiger partial charge in [0.2, 0.25) is 0 Å². The van der Waals surface area contributed by atoms with Crippen molar-refractivity contribution in [3.8, 4) is 0 Å². The molecule has 1 heterocycles. The Morgan fingerprint density at radius 2 is 2.08 bits per heavy atom. The molecule has 5 rings (SSSR count). The summed E-state index contributed by atoms with van der Waals surface area (Å²) in [4.78, 5) is 25.1. The molecule has 5 heteroatoms. The molecule has 1 saturated heterocycles. The third-order valence-corrected chi connectivity index (χ3v) is 8.43. The summed E-state index contributed by atoms with van der Waals surface area (Å²) in [5.41, 5.74) is -1.33. The Bertz CT molecular complexity index is 685. The van der Waals surface area contributed by atoms with Gasteiger partial charge in [0.15, 0.2) is 0 Å². The monoisotopic (exact) mass is 332 g/mol. The molecule has 1 aliphatic heterocycles. The van der Waals surface area contributed by atoms with E-state index in [0.29, 0.717) is 12.8 Å². The molecular formula is C19H24O5. The van der Waals surface area contributed by atoms with Crippen LogP contribution in [0.3, 0.4) is 0 Å². The second kappa shape index (κ2) is 4.06. The fraction of sp³-hybridized carbons (Fsp3) is 0.789. The van der Waals surface area contributed by atoms with Crippen molar-refractivity contribution in [2.45, 2.75) is 57.2 Å². The number of carbonyl (C=O) groups is 2. The fourth-order valence-corrected chi connectivity index (χ4v) is 7.72. The lowest BCUT2D eigenvalue weighted by Crippen LogP contribution is -2.48. The van der Waals surface area contributed by atoms with Gasteiger partial charge in [-0.05, 0) is 56.9 Å². The lowest BCUT2D eigenvalue weighted by molar-refractivity contribution is -0.164. The number of carbonyl (C=O) groups excluding carboxylic acids is 1. The standard InChI is InChI=1S/C19H24O5/c1-9-10-4-5-11-18(8-10,14(9)20)12(15(21)22)13-17(2)6-3-7-19(11,13)24-16(17)23/h10-14,20H,1,3-8H2,2H3,(H,21,22)/t10-,11-,12-,13-,14-,17-,18-,19-/m1/s1. The number of carboxylic acids is 1. The molecule has 8 atom stereocenters. The van der Waals surface area contributed by atoms with Gasteiger partial charge in [0.25, 0.3) is 0 Å². The fourth-order valence-electron chi connectivity index (χ4n) is 7.72. The van der Waals surface area contributed by atoms with Crippen LogP contribution in [-0.4, -0.2) is 33.9 Å². The van der Waals surface area contributed by atoms with Crippen LogP contribution in [0.4, 0.5) is 0 Å². The second-order valence-corrected chi connectivity index (χ2v) is 9.03. The van der Waals surface area contributed by atoms with Crippen LogP contribution < -0.4 is 0 Å². The van der Waals surface area contributed by atoms with E-state index in [1.165, 1.54) is 0 Å². The molecule has 4 aliphatic carbocycles. The lowest BCUT2D eigenvalue weighted by Gasteiger charge is -2.44. The van der Waals surface area contributed by atoms with Crippen LogP contribution in [0.1, 0.15) is 45.4 Å². The number of fused-ring (bicyclic) bond motifs is 1. The second-order valence-electron chi connectivity index (χ2n) is 9.03. The highest BCUT2D eigenvalue weighted by Crippen LogP contribution is 2.77. The number of aliphatic hydroxyl groups is 1. The summed E-state index contributed by atoms with van der Waals surface area (Å²) < 4.78 is 6.04. The van der Waals surface area contributed by atoms with Gasteiger partial charge in [0.1, 0.15) is 5.60 Å². The third kappa shape index (κ3) is 1.26. The SMILES string of the molecule is C=C1[C@@H]2CC[C@H]3[C@@]45CCC[C@@](C)(C(=O)O4)[C@H]5[C@H](C(=O)O)[C@]3(C2)[C@@H]1O. The summed E-state index contributed by atoms with van der Waals surface area (Å²) in [7, 11) is 0. The number of aliphatic hydroxyl groups excluding tert-OH is 1. The molecule has 4 bridgehead atoms. The Labute approximate surface area is 141 Å². The van der Waals surface area contributed by atoms with Crippen LogP contribution in [-0.2, 0) is 14.3 Å². The van der Waals surface area contributed by atoms with Crippen molar-refractivity contribution < 1.29 is 24.5 Å². The Hall–Kier alpha value is -1.36. The van der Waals surface area contributed by atoms with E-state index in [0.717, 1.165) is 31.3 Å². The molecule has 1 spiro atoms. The Kier molecular flexibility index (Phi) is 2.53. The highest BCUT2D eigenvalue weighted by molar-refractivity contribution is 5.84. The number of aliphatic carboxylic acids is 1. The van der Waals surface area contributed by atoms with Gasteiger partial charge in [-0.3, -0.25) is 9.59 Å². The first-order chi connectivity index (χ1) is 11.3. The highest BCUT2D eigenvalue weighted by atomic mass is 16.6. The minimum atomic E-state index is -0.882. The molecular weight excluding hydrogens is 308 g/mol. The van der Waals surface area contributed by atoms with Crippen molar-refractivity contribution in [3.63, 3.8) is 0 Å². The number of hydrogen-bond donors (Lipinski definition) is 2. The van der Waals surface area contributed by atoms with Crippen molar-refractivity contribution in [1.29, 1.82) is 0 Å². The van der Waals surface area contributed by atoms with Gasteiger partial charge in [-0.25, -0.2) is 0 Å². The van der Waals surface area contributed by atoms with Crippen molar-refractivity contribution in [1.82, 2.24) is 0 Å². The van der Waals surface area contributed by atoms with Gasteiger partial charge in [-0.15, -0.1) is 0 Å². The van der Waals surface area contributed by atoms with Crippen molar-refractivity contribution >= 4 is 11.9 Å². The molecule has 24 heavy (non-hydrogen) atoms. The first-order valence-electron chi connectivity index (χ1n) is 9.12. The van der Waals surface area contributed by atoms with E-state index in [-0.39, 0.29) is 23.7 Å². The summed E-state index contributed by atoms with van der Waals surface area (Å²) in [6.07, 6.45) is 3.93. The minimum absolute atomic E-state index is 0.0623. The van der Waals surface area contributed by atoms with E-state index in [2.05, 4.69) is 6.58 Å². The average molecular weight is 332 g/mol. The number of hydrogen-bond acceptors (Lipinski definition) is 4. The summed E-state index contributed by atoms with van der Waals surface area (Å²) in [5.74, 6) is -2.01. The zero-order valence-electron chi connectivity index (χ0n) is 14.0. The molecule has 0 aromatic heterocycles. The van der Waals surface area contributed by atoms with Gasteiger partial charge in [0, 0.05) is 17.3 Å². The molecule has 2 N–H and O–H groups in total. The maximum atomic E-state index is 12.7. The maximum absolute atomic E-state index is 12.7. The molecule has 0 unspecified atom stereocenters. The quantitative estimate of drug-likeness (QED) is 0.568. The first-order valence-corrected chi connectivity index (χ1v) is 9.12. The predicted molar refractivity (Wildman–Crippen MR) is 83.8 cm³/mol. The normalized spacial score (nSPS) is 57.5. The summed E-state index contributed by atoms with van der Waals surface area (Å²) >= 11 is 0. The van der Waals surface area contributed by atoms with Crippen molar-refractivity contribution in [2.75, 3.05) is 0 Å². The topological polar surface area (TPSA) is 83.8 Å². The Morgan fingerprint density at radius 1 is 1.33 bits per heavy atom. The van der Waals surface area contributed by atoms with E-state index < -0.39 is 34.4 Å². The van der Waals surface area contributed by atoms with E-state index in [9.17, 15) is 19.8 Å². The Balaban J connectivity index is 1.78. The van der Waals surface area contributed by atoms with Crippen molar-refractivity contribution in [3.05, 3.63) is 12.2 Å². The highest BCUT2D eigenvalue weighted by Gasteiger charge is 2.83. The lowest BCUT2D eigenvalue weighted by atomic mass is 9.60. The van der Waals surface area contributed by atoms with Gasteiger partial charge in [0.05, 0.1) is 17.4 Å². The van der Waals surface area contributed by atoms with Crippen LogP contribution >= 0.6 is 0 Å². The minimum Gasteiger partial charge on any atom is -0.481 e. The van der Waals surface area contributed by atoms with Crippen molar-refractivity contribution in [2.24, 2.45) is 34.5 Å². The van der Waals surface area contributed by atoms with E-state index >= 15 is 0 Å². The molecule has 130 valence electrons. The molecule has 5 nitrogen and oxygen atoms in total. The molecule has 0 aromatic rings. The molecule has 4 saturated carbocycles. The average Bonchev–Trinajstić information content (AvgIpc) is 2.94. The number of esters is 1. The number of ether oxygens (including phenoxy) is 1. The van der Waals surface area contributed by atoms with Gasteiger partial charge < -0.3 is 14.9 Å². The zero-order valence-corrected chi connectivity index (χ0v) is 14.0. The third-order valence-electron chi connectivity index (χ3n) is 8.43. The van der Waals surface area contributed by atoms with E-state index in [1.807, 2.05) is 6.92 Å². The van der Waals surface area contributed by atoms with Crippen LogP contribution in [0.25, 0.3) is 0 Å². The largest absolute Gasteiger partial charge is 0.481 e. The molecule has 5 aliphatic rings. The first kappa shape index (κ1) is 14.9. The van der Waals surface area contributed by atoms with Gasteiger partial charge in [-0.2, -0.15) is 0 Å². The van der Waals surface area contributed by atoms with Crippen LogP contribution in [0.2, 0.25) is 0 Å². The summed E-state index contributed by atoms with van der Waals surface area (Å²) in [6.45, 7) is 5.97. The molecule has 0 amide bonds.